The molecule has 3 heteroatoms. The first kappa shape index (κ1) is 14.6. The van der Waals surface area contributed by atoms with Gasteiger partial charge in [-0.1, -0.05) is 26.7 Å². The van der Waals surface area contributed by atoms with Gasteiger partial charge in [-0.25, -0.2) is 0 Å². The van der Waals surface area contributed by atoms with E-state index in [1.165, 1.54) is 25.7 Å². The summed E-state index contributed by atoms with van der Waals surface area (Å²) < 4.78 is 5.77. The van der Waals surface area contributed by atoms with E-state index in [1.807, 2.05) is 13.0 Å². The minimum absolute atomic E-state index is 0.250. The zero-order chi connectivity index (χ0) is 13.9. The quantitative estimate of drug-likeness (QED) is 0.885. The van der Waals surface area contributed by atoms with Crippen LogP contribution in [-0.2, 0) is 0 Å². The average Bonchev–Trinajstić information content (AvgIpc) is 2.87. The molecule has 1 aliphatic rings. The van der Waals surface area contributed by atoms with Gasteiger partial charge in [0, 0.05) is 6.54 Å². The van der Waals surface area contributed by atoms with Gasteiger partial charge in [-0.05, 0) is 50.4 Å². The first-order valence-corrected chi connectivity index (χ1v) is 7.64. The van der Waals surface area contributed by atoms with E-state index < -0.39 is 0 Å². The second kappa shape index (κ2) is 6.10. The Bertz CT molecular complexity index is 385. The molecule has 2 N–H and O–H groups in total. The van der Waals surface area contributed by atoms with Crippen LogP contribution >= 0.6 is 0 Å². The Hall–Kier alpha value is -0.800. The molecule has 3 nitrogen and oxygen atoms in total. The standard InChI is InChI=1S/C16H28N2O/c1-4-16(5-2)8-10-18(11-9-16)14(12-17)15-7-6-13(3)19-15/h6-7,14H,4-5,8-12,17H2,1-3H3. The summed E-state index contributed by atoms with van der Waals surface area (Å²) in [6, 6.07) is 4.36. The number of furan rings is 1. The normalized spacial score (nSPS) is 21.5. The molecule has 0 bridgehead atoms. The molecular formula is C16H28N2O. The van der Waals surface area contributed by atoms with E-state index in [0.29, 0.717) is 12.0 Å². The first-order valence-electron chi connectivity index (χ1n) is 7.64. The lowest BCUT2D eigenvalue weighted by atomic mass is 9.74. The molecule has 2 rings (SSSR count). The lowest BCUT2D eigenvalue weighted by molar-refractivity contribution is 0.0609. The minimum atomic E-state index is 0.250. The maximum atomic E-state index is 5.98. The fourth-order valence-electron chi connectivity index (χ4n) is 3.34. The van der Waals surface area contributed by atoms with Gasteiger partial charge in [0.15, 0.2) is 0 Å². The van der Waals surface area contributed by atoms with Crippen LogP contribution in [0.4, 0.5) is 0 Å². The molecule has 108 valence electrons. The number of hydrogen-bond acceptors (Lipinski definition) is 3. The lowest BCUT2D eigenvalue weighted by Crippen LogP contribution is -2.43. The Morgan fingerprint density at radius 1 is 1.26 bits per heavy atom. The highest BCUT2D eigenvalue weighted by molar-refractivity contribution is 5.11. The molecule has 1 saturated heterocycles. The Labute approximate surface area is 117 Å². The SMILES string of the molecule is CCC1(CC)CCN(C(CN)c2ccc(C)o2)CC1. The number of piperidine rings is 1. The second-order valence-corrected chi connectivity index (χ2v) is 5.94. The molecule has 1 aliphatic heterocycles. The van der Waals surface area contributed by atoms with Crippen molar-refractivity contribution in [2.75, 3.05) is 19.6 Å². The number of aryl methyl sites for hydroxylation is 1. The van der Waals surface area contributed by atoms with E-state index in [9.17, 15) is 0 Å². The molecular weight excluding hydrogens is 236 g/mol. The van der Waals surface area contributed by atoms with E-state index in [0.717, 1.165) is 24.6 Å². The zero-order valence-corrected chi connectivity index (χ0v) is 12.6. The van der Waals surface area contributed by atoms with Gasteiger partial charge in [-0.3, -0.25) is 4.90 Å². The van der Waals surface area contributed by atoms with Crippen LogP contribution in [0.5, 0.6) is 0 Å². The fraction of sp³-hybridized carbons (Fsp3) is 0.750. The molecule has 1 atom stereocenters. The van der Waals surface area contributed by atoms with Crippen molar-refractivity contribution in [2.45, 2.75) is 52.5 Å². The Morgan fingerprint density at radius 3 is 2.32 bits per heavy atom. The number of hydrogen-bond donors (Lipinski definition) is 1. The summed E-state index contributed by atoms with van der Waals surface area (Å²) in [6.45, 7) is 9.57. The Kier molecular flexibility index (Phi) is 4.69. The third-order valence-corrected chi connectivity index (χ3v) is 5.11. The monoisotopic (exact) mass is 264 g/mol. The molecule has 1 aromatic rings. The third-order valence-electron chi connectivity index (χ3n) is 5.11. The maximum absolute atomic E-state index is 5.98. The van der Waals surface area contributed by atoms with Crippen molar-refractivity contribution < 1.29 is 4.42 Å². The molecule has 2 heterocycles. The van der Waals surface area contributed by atoms with Crippen molar-refractivity contribution in [2.24, 2.45) is 11.1 Å². The first-order chi connectivity index (χ1) is 9.14. The van der Waals surface area contributed by atoms with Crippen molar-refractivity contribution in [3.05, 3.63) is 23.7 Å². The molecule has 0 radical (unpaired) electrons. The van der Waals surface area contributed by atoms with E-state index >= 15 is 0 Å². The van der Waals surface area contributed by atoms with Crippen LogP contribution in [0.25, 0.3) is 0 Å². The van der Waals surface area contributed by atoms with E-state index in [-0.39, 0.29) is 6.04 Å². The zero-order valence-electron chi connectivity index (χ0n) is 12.6. The average molecular weight is 264 g/mol. The molecule has 19 heavy (non-hydrogen) atoms. The highest BCUT2D eigenvalue weighted by atomic mass is 16.3. The van der Waals surface area contributed by atoms with Crippen molar-refractivity contribution >= 4 is 0 Å². The molecule has 1 unspecified atom stereocenters. The Balaban J connectivity index is 2.03. The van der Waals surface area contributed by atoms with Crippen molar-refractivity contribution in [1.29, 1.82) is 0 Å². The Morgan fingerprint density at radius 2 is 1.89 bits per heavy atom. The summed E-state index contributed by atoms with van der Waals surface area (Å²) in [4.78, 5) is 2.50. The highest BCUT2D eigenvalue weighted by Gasteiger charge is 2.34. The van der Waals surface area contributed by atoms with Gasteiger partial charge in [0.2, 0.25) is 0 Å². The van der Waals surface area contributed by atoms with Crippen LogP contribution in [0.1, 0.15) is 57.1 Å². The van der Waals surface area contributed by atoms with Crippen molar-refractivity contribution in [3.8, 4) is 0 Å². The van der Waals surface area contributed by atoms with Crippen LogP contribution in [-0.4, -0.2) is 24.5 Å². The van der Waals surface area contributed by atoms with E-state index in [2.05, 4.69) is 24.8 Å². The van der Waals surface area contributed by atoms with Gasteiger partial charge >= 0.3 is 0 Å². The van der Waals surface area contributed by atoms with E-state index in [4.69, 9.17) is 10.2 Å². The topological polar surface area (TPSA) is 42.4 Å². The summed E-state index contributed by atoms with van der Waals surface area (Å²) in [5, 5.41) is 0. The maximum Gasteiger partial charge on any atom is 0.122 e. The predicted octanol–water partition coefficient (Wildman–Crippen LogP) is 3.49. The minimum Gasteiger partial charge on any atom is -0.465 e. The van der Waals surface area contributed by atoms with Crippen molar-refractivity contribution in [3.63, 3.8) is 0 Å². The fourth-order valence-corrected chi connectivity index (χ4v) is 3.34. The van der Waals surface area contributed by atoms with Gasteiger partial charge in [0.1, 0.15) is 11.5 Å². The van der Waals surface area contributed by atoms with Gasteiger partial charge in [0.25, 0.3) is 0 Å². The predicted molar refractivity (Wildman–Crippen MR) is 79.1 cm³/mol. The summed E-state index contributed by atoms with van der Waals surface area (Å²) in [5.74, 6) is 2.00. The third kappa shape index (κ3) is 3.03. The molecule has 0 amide bonds. The number of nitrogens with two attached hydrogens (primary N) is 1. The summed E-state index contributed by atoms with van der Waals surface area (Å²) in [6.07, 6.45) is 5.17. The second-order valence-electron chi connectivity index (χ2n) is 5.94. The molecule has 1 fully saturated rings. The van der Waals surface area contributed by atoms with Gasteiger partial charge in [-0.2, -0.15) is 0 Å². The summed E-state index contributed by atoms with van der Waals surface area (Å²) >= 11 is 0. The number of likely N-dealkylation sites (tertiary alicyclic amines) is 1. The lowest BCUT2D eigenvalue weighted by Gasteiger charge is -2.43. The van der Waals surface area contributed by atoms with Crippen LogP contribution in [0.15, 0.2) is 16.5 Å². The smallest absolute Gasteiger partial charge is 0.122 e. The highest BCUT2D eigenvalue weighted by Crippen LogP contribution is 2.40. The summed E-state index contributed by atoms with van der Waals surface area (Å²) in [7, 11) is 0. The van der Waals surface area contributed by atoms with Crippen molar-refractivity contribution in [1.82, 2.24) is 4.90 Å². The molecule has 0 aliphatic carbocycles. The van der Waals surface area contributed by atoms with Crippen LogP contribution < -0.4 is 5.73 Å². The molecule has 0 spiro atoms. The van der Waals surface area contributed by atoms with E-state index in [1.54, 1.807) is 0 Å². The van der Waals surface area contributed by atoms with Crippen LogP contribution in [0.3, 0.4) is 0 Å². The molecule has 0 saturated carbocycles. The van der Waals surface area contributed by atoms with Gasteiger partial charge in [0.05, 0.1) is 6.04 Å². The summed E-state index contributed by atoms with van der Waals surface area (Å²) in [5.41, 5.74) is 6.54. The van der Waals surface area contributed by atoms with Gasteiger partial charge in [-0.15, -0.1) is 0 Å². The molecule has 0 aromatic carbocycles. The number of nitrogens with zero attached hydrogens (tertiary/aromatic N) is 1. The van der Waals surface area contributed by atoms with Gasteiger partial charge < -0.3 is 10.2 Å². The molecule has 1 aromatic heterocycles. The number of rotatable bonds is 5. The largest absolute Gasteiger partial charge is 0.465 e. The van der Waals surface area contributed by atoms with Crippen LogP contribution in [0.2, 0.25) is 0 Å². The van der Waals surface area contributed by atoms with Crippen LogP contribution in [0, 0.1) is 12.3 Å².